The Morgan fingerprint density at radius 1 is 0.870 bits per heavy atom. The molecule has 114 valence electrons. The van der Waals surface area contributed by atoms with Gasteiger partial charge in [0.1, 0.15) is 11.5 Å². The largest absolute Gasteiger partial charge is 0.457 e. The molecule has 4 nitrogen and oxygen atoms in total. The van der Waals surface area contributed by atoms with Crippen molar-refractivity contribution in [3.8, 4) is 22.6 Å². The van der Waals surface area contributed by atoms with Crippen molar-refractivity contribution < 1.29 is 9.66 Å². The second-order valence-corrected chi connectivity index (χ2v) is 5.22. The van der Waals surface area contributed by atoms with E-state index < -0.39 is 4.92 Å². The van der Waals surface area contributed by atoms with Crippen LogP contribution in [0.2, 0.25) is 0 Å². The van der Waals surface area contributed by atoms with Gasteiger partial charge in [0.25, 0.3) is 5.69 Å². The van der Waals surface area contributed by atoms with Crippen LogP contribution in [0.15, 0.2) is 72.8 Å². The Hall–Kier alpha value is -3.14. The molecule has 0 unspecified atom stereocenters. The van der Waals surface area contributed by atoms with Crippen LogP contribution < -0.4 is 4.74 Å². The fraction of sp³-hybridized carbons (Fsp3) is 0.0526. The maximum Gasteiger partial charge on any atom is 0.269 e. The lowest BCUT2D eigenvalue weighted by Crippen LogP contribution is -1.90. The van der Waals surface area contributed by atoms with Gasteiger partial charge < -0.3 is 4.74 Å². The van der Waals surface area contributed by atoms with E-state index in [4.69, 9.17) is 4.74 Å². The molecule has 3 aromatic rings. The van der Waals surface area contributed by atoms with E-state index in [0.29, 0.717) is 11.5 Å². The van der Waals surface area contributed by atoms with E-state index in [0.717, 1.165) is 11.1 Å². The van der Waals surface area contributed by atoms with Crippen LogP contribution in [0.25, 0.3) is 11.1 Å². The average molecular weight is 305 g/mol. The molecular weight excluding hydrogens is 290 g/mol. The molecule has 0 amide bonds. The Kier molecular flexibility index (Phi) is 4.06. The van der Waals surface area contributed by atoms with E-state index in [1.54, 1.807) is 12.1 Å². The Balaban J connectivity index is 1.91. The maximum atomic E-state index is 10.7. The van der Waals surface area contributed by atoms with Gasteiger partial charge in [-0.3, -0.25) is 10.1 Å². The second kappa shape index (κ2) is 6.32. The van der Waals surface area contributed by atoms with Crippen LogP contribution in [0.3, 0.4) is 0 Å². The van der Waals surface area contributed by atoms with Gasteiger partial charge in [-0.1, -0.05) is 48.0 Å². The molecule has 23 heavy (non-hydrogen) atoms. The number of nitro groups is 1. The number of aryl methyl sites for hydroxylation is 1. The zero-order chi connectivity index (χ0) is 16.2. The van der Waals surface area contributed by atoms with Gasteiger partial charge in [0.15, 0.2) is 0 Å². The molecule has 0 spiro atoms. The molecule has 0 bridgehead atoms. The first-order valence-electron chi connectivity index (χ1n) is 7.22. The SMILES string of the molecule is Cc1ccc(-c2ccccc2Oc2ccc([N+](=O)[O-])cc2)cc1. The van der Waals surface area contributed by atoms with Gasteiger partial charge in [-0.25, -0.2) is 0 Å². The lowest BCUT2D eigenvalue weighted by molar-refractivity contribution is -0.384. The number of hydrogen-bond acceptors (Lipinski definition) is 3. The zero-order valence-corrected chi connectivity index (χ0v) is 12.6. The predicted octanol–water partition coefficient (Wildman–Crippen LogP) is 5.36. The van der Waals surface area contributed by atoms with E-state index in [-0.39, 0.29) is 5.69 Å². The molecule has 0 aliphatic carbocycles. The minimum atomic E-state index is -0.427. The highest BCUT2D eigenvalue weighted by Gasteiger charge is 2.09. The summed E-state index contributed by atoms with van der Waals surface area (Å²) in [6.07, 6.45) is 0. The number of rotatable bonds is 4. The molecule has 0 aromatic heterocycles. The van der Waals surface area contributed by atoms with Crippen molar-refractivity contribution in [2.75, 3.05) is 0 Å². The first-order valence-corrected chi connectivity index (χ1v) is 7.22. The Bertz CT molecular complexity index is 824. The highest BCUT2D eigenvalue weighted by atomic mass is 16.6. The molecule has 3 rings (SSSR count). The van der Waals surface area contributed by atoms with Crippen LogP contribution in [-0.4, -0.2) is 4.92 Å². The summed E-state index contributed by atoms with van der Waals surface area (Å²) in [4.78, 5) is 10.3. The summed E-state index contributed by atoms with van der Waals surface area (Å²) in [5.74, 6) is 1.28. The van der Waals surface area contributed by atoms with Crippen molar-refractivity contribution >= 4 is 5.69 Å². The van der Waals surface area contributed by atoms with E-state index in [1.807, 2.05) is 43.3 Å². The fourth-order valence-electron chi connectivity index (χ4n) is 2.29. The monoisotopic (exact) mass is 305 g/mol. The quantitative estimate of drug-likeness (QED) is 0.481. The van der Waals surface area contributed by atoms with Crippen molar-refractivity contribution in [1.82, 2.24) is 0 Å². The fourth-order valence-corrected chi connectivity index (χ4v) is 2.29. The molecule has 0 atom stereocenters. The number of benzene rings is 3. The smallest absolute Gasteiger partial charge is 0.269 e. The van der Waals surface area contributed by atoms with Gasteiger partial charge in [-0.05, 0) is 30.7 Å². The molecule has 0 aliphatic rings. The van der Waals surface area contributed by atoms with Gasteiger partial charge in [0.2, 0.25) is 0 Å². The van der Waals surface area contributed by atoms with Crippen LogP contribution in [-0.2, 0) is 0 Å². The number of non-ortho nitro benzene ring substituents is 1. The van der Waals surface area contributed by atoms with Crippen LogP contribution in [0, 0.1) is 17.0 Å². The Morgan fingerprint density at radius 2 is 1.52 bits per heavy atom. The summed E-state index contributed by atoms with van der Waals surface area (Å²) in [5, 5.41) is 10.7. The highest BCUT2D eigenvalue weighted by Crippen LogP contribution is 2.33. The molecular formula is C19H15NO3. The third kappa shape index (κ3) is 3.37. The van der Waals surface area contributed by atoms with Crippen molar-refractivity contribution in [1.29, 1.82) is 0 Å². The highest BCUT2D eigenvalue weighted by molar-refractivity contribution is 5.71. The van der Waals surface area contributed by atoms with Crippen molar-refractivity contribution in [3.63, 3.8) is 0 Å². The molecule has 0 saturated heterocycles. The number of nitrogens with zero attached hydrogens (tertiary/aromatic N) is 1. The summed E-state index contributed by atoms with van der Waals surface area (Å²) in [6, 6.07) is 22.0. The predicted molar refractivity (Wildman–Crippen MR) is 89.8 cm³/mol. The molecule has 0 heterocycles. The van der Waals surface area contributed by atoms with Crippen LogP contribution in [0.4, 0.5) is 5.69 Å². The summed E-state index contributed by atoms with van der Waals surface area (Å²) in [5.41, 5.74) is 3.28. The van der Waals surface area contributed by atoms with Gasteiger partial charge in [-0.15, -0.1) is 0 Å². The van der Waals surface area contributed by atoms with Crippen molar-refractivity contribution in [3.05, 3.63) is 88.5 Å². The molecule has 0 saturated carbocycles. The van der Waals surface area contributed by atoms with Crippen LogP contribution in [0.1, 0.15) is 5.56 Å². The number of ether oxygens (including phenoxy) is 1. The van der Waals surface area contributed by atoms with Crippen molar-refractivity contribution in [2.24, 2.45) is 0 Å². The van der Waals surface area contributed by atoms with Gasteiger partial charge in [-0.2, -0.15) is 0 Å². The Labute approximate surface area is 134 Å². The third-order valence-corrected chi connectivity index (χ3v) is 3.52. The van der Waals surface area contributed by atoms with Gasteiger partial charge >= 0.3 is 0 Å². The van der Waals surface area contributed by atoms with E-state index in [2.05, 4.69) is 12.1 Å². The minimum Gasteiger partial charge on any atom is -0.457 e. The van der Waals surface area contributed by atoms with Crippen LogP contribution >= 0.6 is 0 Å². The summed E-state index contributed by atoms with van der Waals surface area (Å²) < 4.78 is 5.91. The minimum absolute atomic E-state index is 0.0455. The summed E-state index contributed by atoms with van der Waals surface area (Å²) in [7, 11) is 0. The maximum absolute atomic E-state index is 10.7. The topological polar surface area (TPSA) is 52.4 Å². The molecule has 0 N–H and O–H groups in total. The lowest BCUT2D eigenvalue weighted by atomic mass is 10.0. The first-order chi connectivity index (χ1) is 11.1. The van der Waals surface area contributed by atoms with E-state index >= 15 is 0 Å². The van der Waals surface area contributed by atoms with Crippen LogP contribution in [0.5, 0.6) is 11.5 Å². The van der Waals surface area contributed by atoms with Crippen molar-refractivity contribution in [2.45, 2.75) is 6.92 Å². The molecule has 0 fully saturated rings. The third-order valence-electron chi connectivity index (χ3n) is 3.52. The second-order valence-electron chi connectivity index (χ2n) is 5.22. The Morgan fingerprint density at radius 3 is 2.17 bits per heavy atom. The summed E-state index contributed by atoms with van der Waals surface area (Å²) in [6.45, 7) is 2.04. The normalized spacial score (nSPS) is 10.3. The standard InChI is InChI=1S/C19H15NO3/c1-14-6-8-15(9-7-14)18-4-2-3-5-19(18)23-17-12-10-16(11-13-17)20(21)22/h2-13H,1H3. The first kappa shape index (κ1) is 14.8. The number of nitro benzene ring substituents is 1. The van der Waals surface area contributed by atoms with Gasteiger partial charge in [0, 0.05) is 17.7 Å². The number of hydrogen-bond donors (Lipinski definition) is 0. The zero-order valence-electron chi connectivity index (χ0n) is 12.6. The van der Waals surface area contributed by atoms with E-state index in [9.17, 15) is 10.1 Å². The number of para-hydroxylation sites is 1. The average Bonchev–Trinajstić information content (AvgIpc) is 2.57. The summed E-state index contributed by atoms with van der Waals surface area (Å²) >= 11 is 0. The van der Waals surface area contributed by atoms with E-state index in [1.165, 1.54) is 17.7 Å². The molecule has 0 radical (unpaired) electrons. The molecule has 4 heteroatoms. The molecule has 0 aliphatic heterocycles. The lowest BCUT2D eigenvalue weighted by Gasteiger charge is -2.11. The van der Waals surface area contributed by atoms with Gasteiger partial charge in [0.05, 0.1) is 4.92 Å². The molecule has 3 aromatic carbocycles.